The number of halogens is 1. The lowest BCUT2D eigenvalue weighted by Gasteiger charge is -2.35. The van der Waals surface area contributed by atoms with E-state index in [2.05, 4.69) is 20.9 Å². The van der Waals surface area contributed by atoms with Crippen LogP contribution in [-0.2, 0) is 0 Å². The molecule has 2 heteroatoms. The molecule has 0 saturated carbocycles. The van der Waals surface area contributed by atoms with Crippen LogP contribution in [0.4, 0.5) is 0 Å². The predicted octanol–water partition coefficient (Wildman–Crippen LogP) is 6.78. The Morgan fingerprint density at radius 2 is 0.909 bits per heavy atom. The molecule has 0 aliphatic carbocycles. The van der Waals surface area contributed by atoms with E-state index < -0.39 is 0 Å². The van der Waals surface area contributed by atoms with E-state index in [-0.39, 0.29) is 0 Å². The van der Waals surface area contributed by atoms with Gasteiger partial charge in [-0.3, -0.25) is 0 Å². The highest BCUT2D eigenvalue weighted by atomic mass is 35.5. The third kappa shape index (κ3) is 13.9. The monoisotopic (exact) mass is 332 g/mol. The third-order valence-electron chi connectivity index (χ3n) is 4.93. The maximum Gasteiger partial charge on any atom is 0.0784 e. The van der Waals surface area contributed by atoms with Crippen LogP contribution in [0.2, 0.25) is 0 Å². The Labute approximate surface area is 146 Å². The van der Waals surface area contributed by atoms with Crippen molar-refractivity contribution in [1.29, 1.82) is 0 Å². The topological polar surface area (TPSA) is 0 Å². The van der Waals surface area contributed by atoms with E-state index in [0.717, 1.165) is 5.88 Å². The second kappa shape index (κ2) is 16.1. The number of nitrogens with zero attached hydrogens (tertiary/aromatic N) is 1. The number of alkyl halides is 1. The summed E-state index contributed by atoms with van der Waals surface area (Å²) < 4.78 is 1.29. The lowest BCUT2D eigenvalue weighted by Crippen LogP contribution is -2.46. The zero-order valence-corrected chi connectivity index (χ0v) is 16.6. The summed E-state index contributed by atoms with van der Waals surface area (Å²) in [4.78, 5) is 0. The van der Waals surface area contributed by atoms with Crippen LogP contribution in [0, 0.1) is 0 Å². The molecule has 0 fully saturated rings. The number of quaternary nitrogens is 1. The Hall–Kier alpha value is 0.250. The molecule has 0 aromatic carbocycles. The summed E-state index contributed by atoms with van der Waals surface area (Å²) >= 11 is 5.86. The highest BCUT2D eigenvalue weighted by Gasteiger charge is 2.19. The van der Waals surface area contributed by atoms with Crippen LogP contribution in [-0.4, -0.2) is 37.0 Å². The van der Waals surface area contributed by atoms with Crippen LogP contribution in [0.15, 0.2) is 0 Å². The van der Waals surface area contributed by atoms with E-state index in [1.165, 1.54) is 108 Å². The molecule has 0 aliphatic heterocycles. The number of hydrogen-bond donors (Lipinski definition) is 0. The van der Waals surface area contributed by atoms with E-state index >= 15 is 0 Å². The summed E-state index contributed by atoms with van der Waals surface area (Å²) in [6.07, 6.45) is 18.0. The van der Waals surface area contributed by atoms with E-state index in [1.807, 2.05) is 0 Å². The van der Waals surface area contributed by atoms with Gasteiger partial charge in [-0.05, 0) is 38.5 Å². The summed E-state index contributed by atoms with van der Waals surface area (Å²) in [5.74, 6) is 0.827. The van der Waals surface area contributed by atoms with Crippen molar-refractivity contribution in [2.45, 2.75) is 97.3 Å². The fraction of sp³-hybridized carbons (Fsp3) is 1.00. The Bertz CT molecular complexity index is 220. The second-order valence-corrected chi connectivity index (χ2v) is 7.75. The minimum Gasteiger partial charge on any atom is -0.326 e. The molecule has 1 unspecified atom stereocenters. The molecule has 0 amide bonds. The van der Waals surface area contributed by atoms with Crippen molar-refractivity contribution in [2.75, 3.05) is 32.6 Å². The molecule has 22 heavy (non-hydrogen) atoms. The van der Waals surface area contributed by atoms with Gasteiger partial charge in [-0.25, -0.2) is 0 Å². The Morgan fingerprint density at radius 3 is 1.32 bits per heavy atom. The highest BCUT2D eigenvalue weighted by molar-refractivity contribution is 6.17. The standard InChI is InChI=1S/C20H43ClN/c1-4-6-8-10-12-15-19-22(3,20-16-13-17-21)18-14-11-9-7-5-2/h4-20H2,1-3H3/q+1. The molecule has 0 saturated heterocycles. The minimum atomic E-state index is 0.827. The maximum atomic E-state index is 5.86. The molecule has 0 aliphatic rings. The molecule has 1 nitrogen and oxygen atoms in total. The molecule has 1 atom stereocenters. The molecule has 0 radical (unpaired) electrons. The SMILES string of the molecule is CCCCCCCC[N+](C)(CCCCCl)CCCCCCC. The molecule has 0 aromatic heterocycles. The van der Waals surface area contributed by atoms with Gasteiger partial charge in [0, 0.05) is 5.88 Å². The van der Waals surface area contributed by atoms with E-state index in [9.17, 15) is 0 Å². The second-order valence-electron chi connectivity index (χ2n) is 7.37. The van der Waals surface area contributed by atoms with Crippen LogP contribution in [0.1, 0.15) is 97.3 Å². The maximum absolute atomic E-state index is 5.86. The summed E-state index contributed by atoms with van der Waals surface area (Å²) in [6.45, 7) is 8.67. The van der Waals surface area contributed by atoms with Crippen molar-refractivity contribution in [3.05, 3.63) is 0 Å². The fourth-order valence-electron chi connectivity index (χ4n) is 3.29. The van der Waals surface area contributed by atoms with Gasteiger partial charge in [-0.1, -0.05) is 58.8 Å². The van der Waals surface area contributed by atoms with Crippen molar-refractivity contribution >= 4 is 11.6 Å². The molecule has 0 aromatic rings. The third-order valence-corrected chi connectivity index (χ3v) is 5.20. The first-order valence-electron chi connectivity index (χ1n) is 10.1. The number of hydrogen-bond acceptors (Lipinski definition) is 0. The Kier molecular flexibility index (Phi) is 16.3. The van der Waals surface area contributed by atoms with Crippen molar-refractivity contribution in [2.24, 2.45) is 0 Å². The van der Waals surface area contributed by atoms with Crippen LogP contribution >= 0.6 is 11.6 Å². The Balaban J connectivity index is 3.93. The van der Waals surface area contributed by atoms with Gasteiger partial charge in [0.05, 0.1) is 26.7 Å². The average molecular weight is 333 g/mol. The lowest BCUT2D eigenvalue weighted by molar-refractivity contribution is -0.910. The lowest BCUT2D eigenvalue weighted by atomic mass is 10.1. The number of rotatable bonds is 17. The van der Waals surface area contributed by atoms with Crippen LogP contribution < -0.4 is 0 Å². The summed E-state index contributed by atoms with van der Waals surface area (Å²) in [5.41, 5.74) is 0. The Morgan fingerprint density at radius 1 is 0.545 bits per heavy atom. The van der Waals surface area contributed by atoms with Gasteiger partial charge >= 0.3 is 0 Å². The summed E-state index contributed by atoms with van der Waals surface area (Å²) in [5, 5.41) is 0. The first kappa shape index (κ1) is 22.2. The van der Waals surface area contributed by atoms with Crippen LogP contribution in [0.5, 0.6) is 0 Å². The van der Waals surface area contributed by atoms with E-state index in [1.54, 1.807) is 0 Å². The van der Waals surface area contributed by atoms with Crippen molar-refractivity contribution in [3.8, 4) is 0 Å². The summed E-state index contributed by atoms with van der Waals surface area (Å²) in [6, 6.07) is 0. The molecular formula is C20H43ClN+. The molecule has 0 heterocycles. The highest BCUT2D eigenvalue weighted by Crippen LogP contribution is 2.14. The largest absolute Gasteiger partial charge is 0.326 e. The smallest absolute Gasteiger partial charge is 0.0784 e. The van der Waals surface area contributed by atoms with Gasteiger partial charge in [0.15, 0.2) is 0 Å². The van der Waals surface area contributed by atoms with Gasteiger partial charge in [0.2, 0.25) is 0 Å². The van der Waals surface area contributed by atoms with Gasteiger partial charge in [0.1, 0.15) is 0 Å². The average Bonchev–Trinajstić information content (AvgIpc) is 2.51. The zero-order chi connectivity index (χ0) is 16.5. The zero-order valence-electron chi connectivity index (χ0n) is 15.8. The van der Waals surface area contributed by atoms with Crippen LogP contribution in [0.25, 0.3) is 0 Å². The number of unbranched alkanes of at least 4 members (excludes halogenated alkanes) is 10. The molecule has 134 valence electrons. The quantitative estimate of drug-likeness (QED) is 0.156. The van der Waals surface area contributed by atoms with Crippen molar-refractivity contribution in [3.63, 3.8) is 0 Å². The fourth-order valence-corrected chi connectivity index (χ4v) is 3.48. The summed E-state index contributed by atoms with van der Waals surface area (Å²) in [7, 11) is 2.49. The molecule has 0 rings (SSSR count). The molecule has 0 N–H and O–H groups in total. The van der Waals surface area contributed by atoms with Gasteiger partial charge < -0.3 is 4.48 Å². The van der Waals surface area contributed by atoms with E-state index in [0.29, 0.717) is 0 Å². The van der Waals surface area contributed by atoms with Crippen molar-refractivity contribution < 1.29 is 4.48 Å². The first-order chi connectivity index (χ1) is 10.7. The van der Waals surface area contributed by atoms with Gasteiger partial charge in [-0.2, -0.15) is 0 Å². The predicted molar refractivity (Wildman–Crippen MR) is 103 cm³/mol. The van der Waals surface area contributed by atoms with E-state index in [4.69, 9.17) is 11.6 Å². The normalized spacial score (nSPS) is 14.2. The minimum absolute atomic E-state index is 0.827. The van der Waals surface area contributed by atoms with Gasteiger partial charge in [-0.15, -0.1) is 11.6 Å². The molecule has 0 spiro atoms. The molecular weight excluding hydrogens is 290 g/mol. The first-order valence-corrected chi connectivity index (χ1v) is 10.6. The van der Waals surface area contributed by atoms with Crippen molar-refractivity contribution in [1.82, 2.24) is 0 Å². The molecule has 0 bridgehead atoms. The van der Waals surface area contributed by atoms with Crippen LogP contribution in [0.3, 0.4) is 0 Å². The van der Waals surface area contributed by atoms with Gasteiger partial charge in [0.25, 0.3) is 0 Å².